The molecule has 1 saturated heterocycles. The highest BCUT2D eigenvalue weighted by molar-refractivity contribution is 5.94. The van der Waals surface area contributed by atoms with Crippen LogP contribution in [-0.4, -0.2) is 30.5 Å². The number of non-ortho nitro benzene ring substituents is 1. The molecule has 0 bridgehead atoms. The van der Waals surface area contributed by atoms with E-state index < -0.39 is 4.92 Å². The van der Waals surface area contributed by atoms with Crippen LogP contribution < -0.4 is 10.2 Å². The number of nitro groups is 1. The lowest BCUT2D eigenvalue weighted by molar-refractivity contribution is -0.384. The maximum absolute atomic E-state index is 12.2. The molecule has 1 aliphatic rings. The monoisotopic (exact) mass is 325 g/mol. The maximum atomic E-state index is 12.2. The number of rotatable bonds is 5. The van der Waals surface area contributed by atoms with Crippen molar-refractivity contribution in [3.8, 4) is 0 Å². The van der Waals surface area contributed by atoms with Gasteiger partial charge in [0, 0.05) is 43.0 Å². The third-order valence-electron chi connectivity index (χ3n) is 4.28. The quantitative estimate of drug-likeness (QED) is 0.677. The lowest BCUT2D eigenvalue weighted by atomic mass is 10.1. The first-order valence-electron chi connectivity index (χ1n) is 7.96. The van der Waals surface area contributed by atoms with E-state index >= 15 is 0 Å². The van der Waals surface area contributed by atoms with Crippen LogP contribution in [0.3, 0.4) is 0 Å². The summed E-state index contributed by atoms with van der Waals surface area (Å²) in [6.45, 7) is 2.45. The van der Waals surface area contributed by atoms with Gasteiger partial charge in [0.1, 0.15) is 0 Å². The number of amides is 1. The van der Waals surface area contributed by atoms with E-state index in [4.69, 9.17) is 0 Å². The molecule has 1 N–H and O–H groups in total. The summed E-state index contributed by atoms with van der Waals surface area (Å²) in [6, 6.07) is 16.0. The van der Waals surface area contributed by atoms with Crippen molar-refractivity contribution in [2.45, 2.75) is 6.42 Å². The third-order valence-corrected chi connectivity index (χ3v) is 4.28. The van der Waals surface area contributed by atoms with Gasteiger partial charge in [0.25, 0.3) is 11.6 Å². The molecular formula is C18H19N3O3. The number of benzene rings is 2. The summed E-state index contributed by atoms with van der Waals surface area (Å²) in [4.78, 5) is 24.8. The third kappa shape index (κ3) is 3.71. The van der Waals surface area contributed by atoms with Gasteiger partial charge in [-0.05, 0) is 30.5 Å². The molecular weight excluding hydrogens is 306 g/mol. The number of nitrogens with zero attached hydrogens (tertiary/aromatic N) is 2. The fourth-order valence-corrected chi connectivity index (χ4v) is 2.97. The first-order valence-corrected chi connectivity index (χ1v) is 7.96. The van der Waals surface area contributed by atoms with Crippen molar-refractivity contribution >= 4 is 17.3 Å². The highest BCUT2D eigenvalue weighted by Crippen LogP contribution is 2.23. The molecule has 124 valence electrons. The zero-order chi connectivity index (χ0) is 16.9. The minimum atomic E-state index is -0.495. The Morgan fingerprint density at radius 2 is 2.00 bits per heavy atom. The number of nitro benzene ring substituents is 1. The number of hydrogen-bond donors (Lipinski definition) is 1. The largest absolute Gasteiger partial charge is 0.371 e. The Balaban J connectivity index is 1.54. The fourth-order valence-electron chi connectivity index (χ4n) is 2.97. The molecule has 6 heteroatoms. The molecule has 6 nitrogen and oxygen atoms in total. The summed E-state index contributed by atoms with van der Waals surface area (Å²) < 4.78 is 0. The van der Waals surface area contributed by atoms with Gasteiger partial charge in [0.15, 0.2) is 0 Å². The highest BCUT2D eigenvalue weighted by Gasteiger charge is 2.23. The molecule has 2 aromatic rings. The molecule has 1 fully saturated rings. The zero-order valence-electron chi connectivity index (χ0n) is 13.2. The van der Waals surface area contributed by atoms with Gasteiger partial charge in [0.2, 0.25) is 0 Å². The molecule has 2 aromatic carbocycles. The van der Waals surface area contributed by atoms with E-state index in [0.29, 0.717) is 18.0 Å². The molecule has 0 aliphatic carbocycles. The van der Waals surface area contributed by atoms with Crippen LogP contribution in [0.1, 0.15) is 16.8 Å². The Kier molecular flexibility index (Phi) is 4.74. The van der Waals surface area contributed by atoms with Crippen LogP contribution in [0.4, 0.5) is 11.4 Å². The predicted octanol–water partition coefficient (Wildman–Crippen LogP) is 2.85. The van der Waals surface area contributed by atoms with Gasteiger partial charge in [-0.1, -0.05) is 24.3 Å². The average Bonchev–Trinajstić information content (AvgIpc) is 3.09. The van der Waals surface area contributed by atoms with Crippen LogP contribution in [0.2, 0.25) is 0 Å². The molecule has 3 rings (SSSR count). The van der Waals surface area contributed by atoms with E-state index in [1.165, 1.54) is 23.9 Å². The molecule has 0 radical (unpaired) electrons. The van der Waals surface area contributed by atoms with E-state index in [0.717, 1.165) is 19.5 Å². The van der Waals surface area contributed by atoms with E-state index in [9.17, 15) is 14.9 Å². The van der Waals surface area contributed by atoms with Crippen molar-refractivity contribution in [3.63, 3.8) is 0 Å². The van der Waals surface area contributed by atoms with Crippen molar-refractivity contribution in [1.29, 1.82) is 0 Å². The number of nitrogens with one attached hydrogen (secondary N) is 1. The minimum Gasteiger partial charge on any atom is -0.371 e. The SMILES string of the molecule is O=C(NCC1CCN(c2ccccc2)C1)c1cccc([N+](=O)[O-])c1. The Labute approximate surface area is 140 Å². The predicted molar refractivity (Wildman–Crippen MR) is 92.2 cm³/mol. The summed E-state index contributed by atoms with van der Waals surface area (Å²) in [6.07, 6.45) is 1.02. The number of para-hydroxylation sites is 1. The summed E-state index contributed by atoms with van der Waals surface area (Å²) in [5.74, 6) is 0.115. The van der Waals surface area contributed by atoms with E-state index in [1.807, 2.05) is 18.2 Å². The van der Waals surface area contributed by atoms with Crippen LogP contribution in [0.5, 0.6) is 0 Å². The molecule has 24 heavy (non-hydrogen) atoms. The van der Waals surface area contributed by atoms with Crippen LogP contribution in [0, 0.1) is 16.0 Å². The van der Waals surface area contributed by atoms with Gasteiger partial charge in [-0.2, -0.15) is 0 Å². The first kappa shape index (κ1) is 16.0. The second-order valence-corrected chi connectivity index (χ2v) is 5.95. The van der Waals surface area contributed by atoms with Gasteiger partial charge < -0.3 is 10.2 Å². The lowest BCUT2D eigenvalue weighted by Gasteiger charge is -2.18. The molecule has 0 aromatic heterocycles. The van der Waals surface area contributed by atoms with E-state index in [2.05, 4.69) is 22.3 Å². The fraction of sp³-hybridized carbons (Fsp3) is 0.278. The van der Waals surface area contributed by atoms with Crippen LogP contribution in [0.25, 0.3) is 0 Å². The highest BCUT2D eigenvalue weighted by atomic mass is 16.6. The zero-order valence-corrected chi connectivity index (χ0v) is 13.2. The molecule has 0 saturated carbocycles. The van der Waals surface area contributed by atoms with Crippen LogP contribution >= 0.6 is 0 Å². The minimum absolute atomic E-state index is 0.0706. The molecule has 0 spiro atoms. The molecule has 1 heterocycles. The number of anilines is 1. The Morgan fingerprint density at radius 1 is 1.21 bits per heavy atom. The van der Waals surface area contributed by atoms with E-state index in [1.54, 1.807) is 6.07 Å². The summed E-state index contributed by atoms with van der Waals surface area (Å²) in [5, 5.41) is 13.7. The van der Waals surface area contributed by atoms with Crippen molar-refractivity contribution in [2.75, 3.05) is 24.5 Å². The Morgan fingerprint density at radius 3 is 2.75 bits per heavy atom. The van der Waals surface area contributed by atoms with Crippen LogP contribution in [0.15, 0.2) is 54.6 Å². The Hall–Kier alpha value is -2.89. The smallest absolute Gasteiger partial charge is 0.270 e. The normalized spacial score (nSPS) is 16.8. The van der Waals surface area contributed by atoms with Gasteiger partial charge >= 0.3 is 0 Å². The van der Waals surface area contributed by atoms with Crippen molar-refractivity contribution in [2.24, 2.45) is 5.92 Å². The topological polar surface area (TPSA) is 75.5 Å². The number of carbonyl (C=O) groups is 1. The summed E-state index contributed by atoms with van der Waals surface area (Å²) >= 11 is 0. The second-order valence-electron chi connectivity index (χ2n) is 5.95. The lowest BCUT2D eigenvalue weighted by Crippen LogP contribution is -2.31. The van der Waals surface area contributed by atoms with Crippen LogP contribution in [-0.2, 0) is 0 Å². The molecule has 1 atom stereocenters. The Bertz CT molecular complexity index is 733. The summed E-state index contributed by atoms with van der Waals surface area (Å²) in [7, 11) is 0. The van der Waals surface area contributed by atoms with E-state index in [-0.39, 0.29) is 11.6 Å². The standard InChI is InChI=1S/C18H19N3O3/c22-18(15-5-4-8-17(11-15)21(23)24)19-12-14-9-10-20(13-14)16-6-2-1-3-7-16/h1-8,11,14H,9-10,12-13H2,(H,19,22). The second kappa shape index (κ2) is 7.12. The van der Waals surface area contributed by atoms with Crippen molar-refractivity contribution in [1.82, 2.24) is 5.32 Å². The first-order chi connectivity index (χ1) is 11.6. The van der Waals surface area contributed by atoms with Gasteiger partial charge in [-0.25, -0.2) is 0 Å². The van der Waals surface area contributed by atoms with Crippen molar-refractivity contribution in [3.05, 3.63) is 70.3 Å². The van der Waals surface area contributed by atoms with Gasteiger partial charge in [-0.15, -0.1) is 0 Å². The molecule has 1 aliphatic heterocycles. The van der Waals surface area contributed by atoms with Gasteiger partial charge in [0.05, 0.1) is 4.92 Å². The molecule has 1 amide bonds. The van der Waals surface area contributed by atoms with Gasteiger partial charge in [-0.3, -0.25) is 14.9 Å². The van der Waals surface area contributed by atoms with Crippen molar-refractivity contribution < 1.29 is 9.72 Å². The number of carbonyl (C=O) groups excluding carboxylic acids is 1. The number of hydrogen-bond acceptors (Lipinski definition) is 4. The maximum Gasteiger partial charge on any atom is 0.270 e. The molecule has 1 unspecified atom stereocenters. The average molecular weight is 325 g/mol. The summed E-state index contributed by atoms with van der Waals surface area (Å²) in [5.41, 5.74) is 1.45.